The molecule has 0 fully saturated rings. The van der Waals surface area contributed by atoms with Crippen molar-refractivity contribution in [2.24, 2.45) is 0 Å². The summed E-state index contributed by atoms with van der Waals surface area (Å²) in [6, 6.07) is 7.61. The Hall–Kier alpha value is -1.39. The summed E-state index contributed by atoms with van der Waals surface area (Å²) in [4.78, 5) is 2.05. The van der Waals surface area contributed by atoms with E-state index in [1.807, 2.05) is 42.9 Å². The van der Waals surface area contributed by atoms with Gasteiger partial charge in [0.05, 0.1) is 6.54 Å². The number of aromatic nitrogens is 3. The van der Waals surface area contributed by atoms with Crippen LogP contribution in [0.25, 0.3) is 5.69 Å². The van der Waals surface area contributed by atoms with E-state index in [0.29, 0.717) is 0 Å². The molecule has 2 aromatic rings. The highest BCUT2D eigenvalue weighted by molar-refractivity contribution is 6.30. The molecule has 4 nitrogen and oxygen atoms in total. The molecule has 0 aliphatic carbocycles. The average molecular weight is 237 g/mol. The van der Waals surface area contributed by atoms with Gasteiger partial charge < -0.3 is 4.90 Å². The fourth-order valence-corrected chi connectivity index (χ4v) is 1.59. The molecule has 1 heterocycles. The molecule has 0 bridgehead atoms. The zero-order chi connectivity index (χ0) is 11.5. The molecule has 0 spiro atoms. The smallest absolute Gasteiger partial charge is 0.151 e. The van der Waals surface area contributed by atoms with Crippen LogP contribution in [0.15, 0.2) is 30.6 Å². The third-order valence-corrected chi connectivity index (χ3v) is 2.43. The van der Waals surface area contributed by atoms with E-state index in [1.54, 1.807) is 6.33 Å². The third kappa shape index (κ3) is 2.40. The van der Waals surface area contributed by atoms with E-state index in [9.17, 15) is 0 Å². The summed E-state index contributed by atoms with van der Waals surface area (Å²) < 4.78 is 1.95. The average Bonchev–Trinajstić information content (AvgIpc) is 2.66. The van der Waals surface area contributed by atoms with Crippen molar-refractivity contribution in [3.8, 4) is 5.69 Å². The Balaban J connectivity index is 2.33. The number of hydrogen-bond donors (Lipinski definition) is 0. The second-order valence-corrected chi connectivity index (χ2v) is 4.27. The van der Waals surface area contributed by atoms with Gasteiger partial charge in [0.1, 0.15) is 6.33 Å². The molecular formula is C11H13ClN4. The highest BCUT2D eigenvalue weighted by atomic mass is 35.5. The normalized spacial score (nSPS) is 11.0. The molecule has 0 amide bonds. The van der Waals surface area contributed by atoms with Crippen molar-refractivity contribution in [1.29, 1.82) is 0 Å². The Morgan fingerprint density at radius 1 is 1.25 bits per heavy atom. The fraction of sp³-hybridized carbons (Fsp3) is 0.273. The molecule has 0 aliphatic heterocycles. The van der Waals surface area contributed by atoms with Crippen molar-refractivity contribution in [1.82, 2.24) is 19.7 Å². The SMILES string of the molecule is CN(C)Cc1nncn1-c1ccc(Cl)cc1. The van der Waals surface area contributed by atoms with E-state index in [-0.39, 0.29) is 0 Å². The topological polar surface area (TPSA) is 34.0 Å². The molecule has 2 rings (SSSR count). The summed E-state index contributed by atoms with van der Waals surface area (Å²) in [5, 5.41) is 8.75. The minimum absolute atomic E-state index is 0.728. The van der Waals surface area contributed by atoms with Gasteiger partial charge in [-0.05, 0) is 38.4 Å². The van der Waals surface area contributed by atoms with Crippen molar-refractivity contribution >= 4 is 11.6 Å². The number of hydrogen-bond acceptors (Lipinski definition) is 3. The van der Waals surface area contributed by atoms with E-state index in [0.717, 1.165) is 23.1 Å². The van der Waals surface area contributed by atoms with Crippen molar-refractivity contribution in [2.45, 2.75) is 6.54 Å². The summed E-state index contributed by atoms with van der Waals surface area (Å²) in [6.45, 7) is 0.753. The van der Waals surface area contributed by atoms with Crippen molar-refractivity contribution in [3.05, 3.63) is 41.4 Å². The minimum Gasteiger partial charge on any atom is -0.302 e. The Labute approximate surface area is 99.5 Å². The third-order valence-electron chi connectivity index (χ3n) is 2.18. The maximum atomic E-state index is 5.85. The molecule has 5 heteroatoms. The standard InChI is InChI=1S/C11H13ClN4/c1-15(2)7-11-14-13-8-16(11)10-5-3-9(12)4-6-10/h3-6,8H,7H2,1-2H3. The lowest BCUT2D eigenvalue weighted by atomic mass is 10.3. The van der Waals surface area contributed by atoms with Gasteiger partial charge in [0.2, 0.25) is 0 Å². The van der Waals surface area contributed by atoms with Crippen LogP contribution in [0.4, 0.5) is 0 Å². The van der Waals surface area contributed by atoms with Crippen LogP contribution in [0.3, 0.4) is 0 Å². The van der Waals surface area contributed by atoms with Gasteiger partial charge >= 0.3 is 0 Å². The summed E-state index contributed by atoms with van der Waals surface area (Å²) in [6.07, 6.45) is 1.71. The Morgan fingerprint density at radius 2 is 1.94 bits per heavy atom. The van der Waals surface area contributed by atoms with Crippen LogP contribution in [-0.2, 0) is 6.54 Å². The molecule has 1 aromatic carbocycles. The number of halogens is 1. The van der Waals surface area contributed by atoms with Crippen LogP contribution in [0.5, 0.6) is 0 Å². The number of rotatable bonds is 3. The molecular weight excluding hydrogens is 224 g/mol. The molecule has 16 heavy (non-hydrogen) atoms. The fourth-order valence-electron chi connectivity index (χ4n) is 1.47. The Kier molecular flexibility index (Phi) is 3.22. The van der Waals surface area contributed by atoms with Crippen molar-refractivity contribution in [3.63, 3.8) is 0 Å². The van der Waals surface area contributed by atoms with Crippen molar-refractivity contribution in [2.75, 3.05) is 14.1 Å². The van der Waals surface area contributed by atoms with Crippen LogP contribution in [-0.4, -0.2) is 33.8 Å². The van der Waals surface area contributed by atoms with Crippen LogP contribution in [0.1, 0.15) is 5.82 Å². The largest absolute Gasteiger partial charge is 0.302 e. The predicted octanol–water partition coefficient (Wildman–Crippen LogP) is 1.98. The molecule has 0 radical (unpaired) electrons. The van der Waals surface area contributed by atoms with Gasteiger partial charge in [-0.15, -0.1) is 10.2 Å². The van der Waals surface area contributed by atoms with Crippen LogP contribution in [0, 0.1) is 0 Å². The molecule has 0 saturated heterocycles. The van der Waals surface area contributed by atoms with E-state index < -0.39 is 0 Å². The lowest BCUT2D eigenvalue weighted by molar-refractivity contribution is 0.387. The number of nitrogens with zero attached hydrogens (tertiary/aromatic N) is 4. The highest BCUT2D eigenvalue weighted by Crippen LogP contribution is 2.14. The van der Waals surface area contributed by atoms with E-state index >= 15 is 0 Å². The van der Waals surface area contributed by atoms with Gasteiger partial charge in [0.25, 0.3) is 0 Å². The van der Waals surface area contributed by atoms with Gasteiger partial charge in [-0.1, -0.05) is 11.6 Å². The molecule has 0 atom stereocenters. The zero-order valence-corrected chi connectivity index (χ0v) is 10.0. The zero-order valence-electron chi connectivity index (χ0n) is 9.26. The maximum Gasteiger partial charge on any atom is 0.151 e. The second-order valence-electron chi connectivity index (χ2n) is 3.83. The quantitative estimate of drug-likeness (QED) is 0.817. The highest BCUT2D eigenvalue weighted by Gasteiger charge is 2.06. The summed E-state index contributed by atoms with van der Waals surface area (Å²) >= 11 is 5.85. The monoisotopic (exact) mass is 236 g/mol. The lowest BCUT2D eigenvalue weighted by Crippen LogP contribution is -2.14. The van der Waals surface area contributed by atoms with E-state index in [1.165, 1.54) is 0 Å². The second kappa shape index (κ2) is 4.63. The van der Waals surface area contributed by atoms with E-state index in [2.05, 4.69) is 15.1 Å². The summed E-state index contributed by atoms with van der Waals surface area (Å²) in [5.74, 6) is 0.910. The Bertz CT molecular complexity index is 461. The van der Waals surface area contributed by atoms with Crippen LogP contribution < -0.4 is 0 Å². The summed E-state index contributed by atoms with van der Waals surface area (Å²) in [5.41, 5.74) is 1.02. The number of benzene rings is 1. The van der Waals surface area contributed by atoms with Gasteiger partial charge in [-0.3, -0.25) is 4.57 Å². The summed E-state index contributed by atoms with van der Waals surface area (Å²) in [7, 11) is 4.00. The van der Waals surface area contributed by atoms with Crippen LogP contribution in [0.2, 0.25) is 5.02 Å². The lowest BCUT2D eigenvalue weighted by Gasteiger charge is -2.10. The maximum absolute atomic E-state index is 5.85. The molecule has 0 unspecified atom stereocenters. The molecule has 0 aliphatic rings. The first-order chi connectivity index (χ1) is 7.66. The van der Waals surface area contributed by atoms with Crippen molar-refractivity contribution < 1.29 is 0 Å². The molecule has 0 N–H and O–H groups in total. The predicted molar refractivity (Wildman–Crippen MR) is 63.8 cm³/mol. The van der Waals surface area contributed by atoms with Crippen LogP contribution >= 0.6 is 11.6 Å². The van der Waals surface area contributed by atoms with Gasteiger partial charge in [0, 0.05) is 10.7 Å². The van der Waals surface area contributed by atoms with E-state index in [4.69, 9.17) is 11.6 Å². The van der Waals surface area contributed by atoms with Gasteiger partial charge in [-0.25, -0.2) is 0 Å². The minimum atomic E-state index is 0.728. The Morgan fingerprint density at radius 3 is 2.56 bits per heavy atom. The van der Waals surface area contributed by atoms with Gasteiger partial charge in [0.15, 0.2) is 5.82 Å². The first kappa shape index (κ1) is 11.1. The first-order valence-electron chi connectivity index (χ1n) is 4.96. The molecule has 0 saturated carbocycles. The van der Waals surface area contributed by atoms with Gasteiger partial charge in [-0.2, -0.15) is 0 Å². The molecule has 84 valence electrons. The first-order valence-corrected chi connectivity index (χ1v) is 5.34. The molecule has 1 aromatic heterocycles.